The fraction of sp³-hybridized carbons (Fsp3) is 0.273. The summed E-state index contributed by atoms with van der Waals surface area (Å²) in [6.07, 6.45) is 0.816. The van der Waals surface area contributed by atoms with Crippen LogP contribution in [0.1, 0.15) is 24.4 Å². The topological polar surface area (TPSA) is 70.2 Å². The molecule has 1 atom stereocenters. The number of rotatable bonds is 1. The number of likely N-dealkylation sites (tertiary alicyclic amines) is 1. The molecule has 0 aliphatic carbocycles. The van der Waals surface area contributed by atoms with E-state index >= 15 is 0 Å². The third-order valence-corrected chi connectivity index (χ3v) is 2.76. The number of nitrogens with two attached hydrogens (primary N) is 1. The van der Waals surface area contributed by atoms with E-state index in [2.05, 4.69) is 0 Å². The van der Waals surface area contributed by atoms with Crippen LogP contribution in [0.15, 0.2) is 18.2 Å². The van der Waals surface area contributed by atoms with Crippen LogP contribution in [0.2, 0.25) is 0 Å². The van der Waals surface area contributed by atoms with Gasteiger partial charge < -0.3 is 5.73 Å². The highest BCUT2D eigenvalue weighted by molar-refractivity contribution is 5.97. The third kappa shape index (κ3) is 2.11. The SMILES string of the molecule is N=C1CC[C@@H](c2cc(F)cc(F)c2)N1C(N)=O. The van der Waals surface area contributed by atoms with Crippen molar-refractivity contribution in [3.05, 3.63) is 35.4 Å². The molecular formula is C11H11F2N3O. The molecule has 0 radical (unpaired) electrons. The van der Waals surface area contributed by atoms with E-state index in [1.807, 2.05) is 0 Å². The molecule has 1 aliphatic heterocycles. The van der Waals surface area contributed by atoms with E-state index in [-0.39, 0.29) is 5.84 Å². The fourth-order valence-corrected chi connectivity index (χ4v) is 2.08. The Bertz CT molecular complexity index is 469. The molecular weight excluding hydrogens is 228 g/mol. The minimum atomic E-state index is -0.776. The van der Waals surface area contributed by atoms with Crippen molar-refractivity contribution in [2.24, 2.45) is 5.73 Å². The van der Waals surface area contributed by atoms with Crippen molar-refractivity contribution in [3.8, 4) is 0 Å². The summed E-state index contributed by atoms with van der Waals surface area (Å²) in [5.41, 5.74) is 5.47. The van der Waals surface area contributed by atoms with E-state index in [4.69, 9.17) is 11.1 Å². The van der Waals surface area contributed by atoms with Crippen LogP contribution in [0, 0.1) is 17.0 Å². The number of halogens is 2. The number of hydrogen-bond acceptors (Lipinski definition) is 2. The van der Waals surface area contributed by atoms with E-state index in [9.17, 15) is 13.6 Å². The molecule has 1 saturated heterocycles. The van der Waals surface area contributed by atoms with Crippen molar-refractivity contribution in [1.82, 2.24) is 4.90 Å². The molecule has 1 fully saturated rings. The first-order valence-corrected chi connectivity index (χ1v) is 5.11. The lowest BCUT2D eigenvalue weighted by atomic mass is 10.0. The van der Waals surface area contributed by atoms with Gasteiger partial charge in [0.2, 0.25) is 0 Å². The first kappa shape index (κ1) is 11.5. The summed E-state index contributed by atoms with van der Waals surface area (Å²) < 4.78 is 26.2. The smallest absolute Gasteiger partial charge is 0.320 e. The second-order valence-electron chi connectivity index (χ2n) is 3.91. The maximum atomic E-state index is 13.1. The van der Waals surface area contributed by atoms with Gasteiger partial charge in [0, 0.05) is 12.5 Å². The van der Waals surface area contributed by atoms with Gasteiger partial charge in [-0.25, -0.2) is 13.6 Å². The summed E-state index contributed by atoms with van der Waals surface area (Å²) in [5.74, 6) is -1.34. The van der Waals surface area contributed by atoms with Gasteiger partial charge in [-0.05, 0) is 24.1 Å². The number of benzene rings is 1. The van der Waals surface area contributed by atoms with Crippen LogP contribution in [-0.2, 0) is 0 Å². The third-order valence-electron chi connectivity index (χ3n) is 2.76. The van der Waals surface area contributed by atoms with Crippen molar-refractivity contribution in [2.45, 2.75) is 18.9 Å². The van der Waals surface area contributed by atoms with E-state index in [0.29, 0.717) is 18.4 Å². The number of carbonyl (C=O) groups excluding carboxylic acids is 1. The summed E-state index contributed by atoms with van der Waals surface area (Å²) in [4.78, 5) is 12.2. The highest BCUT2D eigenvalue weighted by atomic mass is 19.1. The van der Waals surface area contributed by atoms with Crippen LogP contribution in [0.4, 0.5) is 13.6 Å². The maximum Gasteiger partial charge on any atom is 0.320 e. The summed E-state index contributed by atoms with van der Waals surface area (Å²) in [6.45, 7) is 0. The van der Waals surface area contributed by atoms with Gasteiger partial charge >= 0.3 is 6.03 Å². The van der Waals surface area contributed by atoms with Crippen LogP contribution in [-0.4, -0.2) is 16.8 Å². The molecule has 0 aromatic heterocycles. The van der Waals surface area contributed by atoms with Crippen LogP contribution < -0.4 is 5.73 Å². The van der Waals surface area contributed by atoms with Gasteiger partial charge in [0.1, 0.15) is 17.5 Å². The van der Waals surface area contributed by atoms with Gasteiger partial charge in [-0.3, -0.25) is 10.3 Å². The Kier molecular flexibility index (Phi) is 2.79. The molecule has 90 valence electrons. The zero-order chi connectivity index (χ0) is 12.6. The number of primary amides is 1. The summed E-state index contributed by atoms with van der Waals surface area (Å²) in [6, 6.07) is 1.75. The lowest BCUT2D eigenvalue weighted by molar-refractivity contribution is 0.221. The van der Waals surface area contributed by atoms with Gasteiger partial charge in [0.25, 0.3) is 0 Å². The number of nitrogens with zero attached hydrogens (tertiary/aromatic N) is 1. The Morgan fingerprint density at radius 3 is 2.47 bits per heavy atom. The molecule has 1 aromatic rings. The minimum absolute atomic E-state index is 0.0761. The first-order chi connectivity index (χ1) is 7.99. The molecule has 2 rings (SSSR count). The second kappa shape index (κ2) is 4.12. The predicted octanol–water partition coefficient (Wildman–Crippen LogP) is 2.16. The van der Waals surface area contributed by atoms with Crippen LogP contribution in [0.5, 0.6) is 0 Å². The highest BCUT2D eigenvalue weighted by Crippen LogP contribution is 2.33. The monoisotopic (exact) mass is 239 g/mol. The fourth-order valence-electron chi connectivity index (χ4n) is 2.08. The van der Waals surface area contributed by atoms with Crippen molar-refractivity contribution >= 4 is 11.9 Å². The number of hydrogen-bond donors (Lipinski definition) is 2. The molecule has 1 heterocycles. The van der Waals surface area contributed by atoms with Gasteiger partial charge in [0.05, 0.1) is 6.04 Å². The van der Waals surface area contributed by atoms with Crippen LogP contribution >= 0.6 is 0 Å². The molecule has 1 aromatic carbocycles. The Morgan fingerprint density at radius 1 is 1.35 bits per heavy atom. The van der Waals surface area contributed by atoms with Crippen molar-refractivity contribution in [3.63, 3.8) is 0 Å². The number of urea groups is 1. The normalized spacial score (nSPS) is 19.8. The molecule has 0 spiro atoms. The molecule has 0 bridgehead atoms. The van der Waals surface area contributed by atoms with Crippen LogP contribution in [0.25, 0.3) is 0 Å². The first-order valence-electron chi connectivity index (χ1n) is 5.11. The maximum absolute atomic E-state index is 13.1. The molecule has 17 heavy (non-hydrogen) atoms. The molecule has 0 saturated carbocycles. The average Bonchev–Trinajstić information content (AvgIpc) is 2.58. The Hall–Kier alpha value is -1.98. The van der Waals surface area contributed by atoms with Gasteiger partial charge in [0.15, 0.2) is 0 Å². The van der Waals surface area contributed by atoms with Crippen molar-refractivity contribution < 1.29 is 13.6 Å². The average molecular weight is 239 g/mol. The number of nitrogens with one attached hydrogen (secondary N) is 1. The molecule has 3 N–H and O–H groups in total. The Labute approximate surface area is 96.5 Å². The van der Waals surface area contributed by atoms with Gasteiger partial charge in [-0.1, -0.05) is 0 Å². The zero-order valence-electron chi connectivity index (χ0n) is 8.91. The number of amides is 2. The Morgan fingerprint density at radius 2 is 1.94 bits per heavy atom. The van der Waals surface area contributed by atoms with E-state index in [1.165, 1.54) is 0 Å². The van der Waals surface area contributed by atoms with Crippen LogP contribution in [0.3, 0.4) is 0 Å². The van der Waals surface area contributed by atoms with E-state index in [0.717, 1.165) is 23.1 Å². The quantitative estimate of drug-likeness (QED) is 0.774. The second-order valence-corrected chi connectivity index (χ2v) is 3.91. The summed E-state index contributed by atoms with van der Waals surface area (Å²) >= 11 is 0. The van der Waals surface area contributed by atoms with Crippen molar-refractivity contribution in [1.29, 1.82) is 5.41 Å². The largest absolute Gasteiger partial charge is 0.351 e. The molecule has 0 unspecified atom stereocenters. The lowest BCUT2D eigenvalue weighted by Crippen LogP contribution is -2.38. The number of amidine groups is 1. The lowest BCUT2D eigenvalue weighted by Gasteiger charge is -2.22. The van der Waals surface area contributed by atoms with Gasteiger partial charge in [-0.2, -0.15) is 0 Å². The molecule has 4 nitrogen and oxygen atoms in total. The Balaban J connectivity index is 2.39. The number of carbonyl (C=O) groups is 1. The summed E-state index contributed by atoms with van der Waals surface area (Å²) in [7, 11) is 0. The standard InChI is InChI=1S/C11H11F2N3O/c12-7-3-6(4-8(13)5-7)9-1-2-10(14)16(9)11(15)17/h3-5,9,14H,1-2H2,(H2,15,17)/t9-/m0/s1. The van der Waals surface area contributed by atoms with Crippen molar-refractivity contribution in [2.75, 3.05) is 0 Å². The minimum Gasteiger partial charge on any atom is -0.351 e. The van der Waals surface area contributed by atoms with Gasteiger partial charge in [-0.15, -0.1) is 0 Å². The summed E-state index contributed by atoms with van der Waals surface area (Å²) in [5, 5.41) is 7.56. The molecule has 1 aliphatic rings. The van der Waals surface area contributed by atoms with E-state index < -0.39 is 23.7 Å². The van der Waals surface area contributed by atoms with E-state index in [1.54, 1.807) is 0 Å². The molecule has 2 amide bonds. The predicted molar refractivity (Wildman–Crippen MR) is 57.5 cm³/mol. The highest BCUT2D eigenvalue weighted by Gasteiger charge is 2.33. The molecule has 6 heteroatoms. The zero-order valence-corrected chi connectivity index (χ0v) is 8.91.